The first-order chi connectivity index (χ1) is 9.56. The molecule has 2 rings (SSSR count). The van der Waals surface area contributed by atoms with Gasteiger partial charge in [0.1, 0.15) is 6.17 Å². The zero-order chi connectivity index (χ0) is 14.5. The smallest absolute Gasteiger partial charge is 0.234 e. The summed E-state index contributed by atoms with van der Waals surface area (Å²) in [5.74, 6) is 0.593. The molecule has 0 aromatic carbocycles. The van der Waals surface area contributed by atoms with Crippen molar-refractivity contribution < 1.29 is 9.18 Å². The van der Waals surface area contributed by atoms with Gasteiger partial charge in [-0.15, -0.1) is 5.10 Å². The summed E-state index contributed by atoms with van der Waals surface area (Å²) in [7, 11) is 3.66. The van der Waals surface area contributed by atoms with Crippen molar-refractivity contribution in [1.29, 1.82) is 0 Å². The highest BCUT2D eigenvalue weighted by Crippen LogP contribution is 2.24. The molecule has 1 saturated heterocycles. The molecule has 1 aliphatic heterocycles. The van der Waals surface area contributed by atoms with E-state index < -0.39 is 6.17 Å². The quantitative estimate of drug-likeness (QED) is 0.827. The van der Waals surface area contributed by atoms with E-state index in [2.05, 4.69) is 15.5 Å². The number of likely N-dealkylation sites (N-methyl/N-ethyl adjacent to an activating group) is 1. The average molecular weight is 281 g/mol. The van der Waals surface area contributed by atoms with Gasteiger partial charge < -0.3 is 15.1 Å². The summed E-state index contributed by atoms with van der Waals surface area (Å²) in [5.41, 5.74) is 0. The molecule has 6 nitrogen and oxygen atoms in total. The number of aromatic nitrogens is 2. The number of hydrogen-bond acceptors (Lipinski definition) is 5. The molecule has 1 N–H and O–H groups in total. The van der Waals surface area contributed by atoms with Crippen molar-refractivity contribution in [2.75, 3.05) is 38.6 Å². The molecule has 1 aliphatic rings. The topological polar surface area (TPSA) is 61.4 Å². The maximum absolute atomic E-state index is 13.6. The van der Waals surface area contributed by atoms with Gasteiger partial charge in [0.05, 0.1) is 19.1 Å². The molecule has 0 saturated carbocycles. The first-order valence-corrected chi connectivity index (χ1v) is 6.66. The van der Waals surface area contributed by atoms with Crippen LogP contribution >= 0.6 is 0 Å². The van der Waals surface area contributed by atoms with Gasteiger partial charge in [-0.05, 0) is 26.2 Å². The van der Waals surface area contributed by atoms with E-state index in [1.165, 1.54) is 0 Å². The number of rotatable bonds is 5. The van der Waals surface area contributed by atoms with Gasteiger partial charge in [0.25, 0.3) is 0 Å². The summed E-state index contributed by atoms with van der Waals surface area (Å²) in [6, 6.07) is 3.50. The Morgan fingerprint density at radius 1 is 1.60 bits per heavy atom. The van der Waals surface area contributed by atoms with Crippen LogP contribution in [-0.4, -0.2) is 66.9 Å². The highest BCUT2D eigenvalue weighted by atomic mass is 19.1. The van der Waals surface area contributed by atoms with E-state index in [0.717, 1.165) is 0 Å². The molecule has 2 heterocycles. The van der Waals surface area contributed by atoms with E-state index in [0.29, 0.717) is 31.9 Å². The lowest BCUT2D eigenvalue weighted by Gasteiger charge is -2.25. The van der Waals surface area contributed by atoms with Gasteiger partial charge in [-0.1, -0.05) is 0 Å². The van der Waals surface area contributed by atoms with E-state index >= 15 is 0 Å². The number of hydrogen-bond donors (Lipinski definition) is 1. The van der Waals surface area contributed by atoms with Crippen LogP contribution in [0.1, 0.15) is 6.42 Å². The maximum Gasteiger partial charge on any atom is 0.234 e. The van der Waals surface area contributed by atoms with Gasteiger partial charge in [0.2, 0.25) is 5.91 Å². The number of nitrogens with zero attached hydrogens (tertiary/aromatic N) is 4. The highest BCUT2D eigenvalue weighted by Gasteiger charge is 2.33. The second kappa shape index (κ2) is 6.60. The van der Waals surface area contributed by atoms with Crippen LogP contribution in [0, 0.1) is 0 Å². The predicted octanol–water partition coefficient (Wildman–Crippen LogP) is 0.0712. The van der Waals surface area contributed by atoms with Crippen LogP contribution in [0.3, 0.4) is 0 Å². The number of nitrogens with one attached hydrogen (secondary N) is 1. The van der Waals surface area contributed by atoms with Crippen molar-refractivity contribution in [3.05, 3.63) is 18.3 Å². The van der Waals surface area contributed by atoms with Gasteiger partial charge >= 0.3 is 0 Å². The molecule has 20 heavy (non-hydrogen) atoms. The molecule has 1 fully saturated rings. The normalized spacial score (nSPS) is 22.3. The Morgan fingerprint density at radius 2 is 2.40 bits per heavy atom. The number of carbonyl (C=O) groups is 1. The van der Waals surface area contributed by atoms with Crippen LogP contribution in [0.5, 0.6) is 0 Å². The van der Waals surface area contributed by atoms with Gasteiger partial charge in [-0.25, -0.2) is 4.39 Å². The monoisotopic (exact) mass is 281 g/mol. The summed E-state index contributed by atoms with van der Waals surface area (Å²) < 4.78 is 13.6. The molecule has 110 valence electrons. The zero-order valence-corrected chi connectivity index (χ0v) is 11.8. The van der Waals surface area contributed by atoms with E-state index in [4.69, 9.17) is 0 Å². The van der Waals surface area contributed by atoms with Gasteiger partial charge in [0, 0.05) is 19.2 Å². The van der Waals surface area contributed by atoms with Crippen molar-refractivity contribution in [3.63, 3.8) is 0 Å². The number of halogens is 1. The number of alkyl halides is 1. The van der Waals surface area contributed by atoms with E-state index in [1.807, 2.05) is 19.0 Å². The molecule has 1 amide bonds. The van der Waals surface area contributed by atoms with Crippen LogP contribution in [0.4, 0.5) is 10.2 Å². The summed E-state index contributed by atoms with van der Waals surface area (Å²) in [4.78, 5) is 15.3. The maximum atomic E-state index is 13.6. The molecule has 0 spiro atoms. The lowest BCUT2D eigenvalue weighted by atomic mass is 10.2. The second-order valence-electron chi connectivity index (χ2n) is 5.26. The van der Waals surface area contributed by atoms with Crippen LogP contribution in [0.15, 0.2) is 18.3 Å². The molecular formula is C13H20FN5O. The van der Waals surface area contributed by atoms with Crippen LogP contribution in [0.25, 0.3) is 0 Å². The third-order valence-corrected chi connectivity index (χ3v) is 3.21. The highest BCUT2D eigenvalue weighted by molar-refractivity contribution is 5.78. The first-order valence-electron chi connectivity index (χ1n) is 6.66. The Bertz CT molecular complexity index is 442. The van der Waals surface area contributed by atoms with E-state index in [9.17, 15) is 9.18 Å². The van der Waals surface area contributed by atoms with Crippen molar-refractivity contribution in [2.45, 2.75) is 18.6 Å². The fraction of sp³-hybridized carbons (Fsp3) is 0.615. The van der Waals surface area contributed by atoms with Crippen LogP contribution < -0.4 is 10.2 Å². The average Bonchev–Trinajstić information content (AvgIpc) is 2.78. The van der Waals surface area contributed by atoms with Gasteiger partial charge in [0.15, 0.2) is 5.82 Å². The van der Waals surface area contributed by atoms with Crippen molar-refractivity contribution >= 4 is 11.7 Å². The fourth-order valence-corrected chi connectivity index (χ4v) is 2.35. The summed E-state index contributed by atoms with van der Waals surface area (Å²) in [6.45, 7) is 1.05. The molecule has 2 atom stereocenters. The third-order valence-electron chi connectivity index (χ3n) is 3.21. The predicted molar refractivity (Wildman–Crippen MR) is 74.2 cm³/mol. The third kappa shape index (κ3) is 3.86. The van der Waals surface area contributed by atoms with E-state index in [-0.39, 0.29) is 11.9 Å². The van der Waals surface area contributed by atoms with Crippen molar-refractivity contribution in [2.24, 2.45) is 0 Å². The second-order valence-corrected chi connectivity index (χ2v) is 5.26. The fourth-order valence-electron chi connectivity index (χ4n) is 2.35. The minimum Gasteiger partial charge on any atom is -0.353 e. The Kier molecular flexibility index (Phi) is 4.84. The lowest BCUT2D eigenvalue weighted by Crippen LogP contribution is -2.43. The Morgan fingerprint density at radius 3 is 3.05 bits per heavy atom. The van der Waals surface area contributed by atoms with E-state index in [1.54, 1.807) is 23.2 Å². The Balaban J connectivity index is 1.94. The molecular weight excluding hydrogens is 261 g/mol. The minimum atomic E-state index is -0.896. The summed E-state index contributed by atoms with van der Waals surface area (Å²) >= 11 is 0. The molecule has 0 bridgehead atoms. The zero-order valence-electron chi connectivity index (χ0n) is 11.8. The molecule has 1 aromatic rings. The minimum absolute atomic E-state index is 0.0589. The molecule has 0 aliphatic carbocycles. The summed E-state index contributed by atoms with van der Waals surface area (Å²) in [6.07, 6.45) is 1.09. The number of carbonyl (C=O) groups excluding carboxylic acids is 1. The standard InChI is InChI=1S/C13H20FN5O/c1-18(2)9-13(20)15-7-11-6-10(14)8-19(11)12-4-3-5-16-17-12/h3-5,10-11H,6-9H2,1-2H3,(H,15,20)/t10-,11-/m0/s1. The van der Waals surface area contributed by atoms with Gasteiger partial charge in [-0.3, -0.25) is 4.79 Å². The lowest BCUT2D eigenvalue weighted by molar-refractivity contribution is -0.121. The summed E-state index contributed by atoms with van der Waals surface area (Å²) in [5, 5.41) is 10.7. The molecule has 1 aromatic heterocycles. The molecule has 7 heteroatoms. The first kappa shape index (κ1) is 14.6. The van der Waals surface area contributed by atoms with Crippen molar-refractivity contribution in [1.82, 2.24) is 20.4 Å². The van der Waals surface area contributed by atoms with Crippen molar-refractivity contribution in [3.8, 4) is 0 Å². The number of anilines is 1. The van der Waals surface area contributed by atoms with Gasteiger partial charge in [-0.2, -0.15) is 5.10 Å². The SMILES string of the molecule is CN(C)CC(=O)NC[C@@H]1C[C@H](F)CN1c1cccnn1. The van der Waals surface area contributed by atoms with Crippen LogP contribution in [-0.2, 0) is 4.79 Å². The van der Waals surface area contributed by atoms with Crippen LogP contribution in [0.2, 0.25) is 0 Å². The molecule has 0 radical (unpaired) electrons. The number of amides is 1. The Labute approximate surface area is 118 Å². The Hall–Kier alpha value is -1.76. The molecule has 0 unspecified atom stereocenters. The largest absolute Gasteiger partial charge is 0.353 e.